The molecule has 0 aliphatic carbocycles. The molecule has 0 saturated heterocycles. The van der Waals surface area contributed by atoms with Crippen LogP contribution in [0, 0.1) is 6.92 Å². The highest BCUT2D eigenvalue weighted by atomic mass is 16.7. The molecule has 0 aliphatic rings. The zero-order valence-electron chi connectivity index (χ0n) is 16.4. The van der Waals surface area contributed by atoms with Gasteiger partial charge in [0.1, 0.15) is 5.75 Å². The Morgan fingerprint density at radius 3 is 2.34 bits per heavy atom. The fraction of sp³-hybridized carbons (Fsp3) is 0.227. The predicted molar refractivity (Wildman–Crippen MR) is 110 cm³/mol. The summed E-state index contributed by atoms with van der Waals surface area (Å²) in [4.78, 5) is 35.2. The van der Waals surface area contributed by atoms with Crippen molar-refractivity contribution >= 4 is 24.0 Å². The van der Waals surface area contributed by atoms with Crippen molar-refractivity contribution in [1.29, 1.82) is 0 Å². The van der Waals surface area contributed by atoms with Gasteiger partial charge < -0.3 is 20.1 Å². The van der Waals surface area contributed by atoms with Gasteiger partial charge in [0.2, 0.25) is 5.91 Å². The van der Waals surface area contributed by atoms with E-state index >= 15 is 0 Å². The summed E-state index contributed by atoms with van der Waals surface area (Å²) in [5.74, 6) is -0.243. The SMILES string of the molecule is CCOC(=O)Oc1ccc(C(=O)NCCNC(=O)/C=C/c2ccccc2C)cc1. The van der Waals surface area contributed by atoms with Crippen LogP contribution in [0.5, 0.6) is 5.75 Å². The quantitative estimate of drug-likeness (QED) is 0.310. The number of aryl methyl sites for hydroxylation is 1. The van der Waals surface area contributed by atoms with Crippen molar-refractivity contribution in [2.45, 2.75) is 13.8 Å². The first kappa shape index (κ1) is 21.7. The highest BCUT2D eigenvalue weighted by Crippen LogP contribution is 2.13. The fourth-order valence-electron chi connectivity index (χ4n) is 2.38. The van der Waals surface area contributed by atoms with Crippen LogP contribution < -0.4 is 15.4 Å². The Bertz CT molecular complexity index is 875. The van der Waals surface area contributed by atoms with E-state index in [9.17, 15) is 14.4 Å². The normalized spacial score (nSPS) is 10.4. The molecule has 7 heteroatoms. The number of amides is 2. The lowest BCUT2D eigenvalue weighted by atomic mass is 10.1. The smallest absolute Gasteiger partial charge is 0.434 e. The summed E-state index contributed by atoms with van der Waals surface area (Å²) in [6.45, 7) is 4.45. The van der Waals surface area contributed by atoms with E-state index in [4.69, 9.17) is 4.74 Å². The molecule has 0 radical (unpaired) electrons. The van der Waals surface area contributed by atoms with Crippen LogP contribution in [0.15, 0.2) is 54.6 Å². The van der Waals surface area contributed by atoms with Crippen LogP contribution in [-0.2, 0) is 9.53 Å². The summed E-state index contributed by atoms with van der Waals surface area (Å²) >= 11 is 0. The van der Waals surface area contributed by atoms with Crippen LogP contribution in [0.2, 0.25) is 0 Å². The molecule has 2 aromatic rings. The van der Waals surface area contributed by atoms with Crippen molar-refractivity contribution in [3.63, 3.8) is 0 Å². The first-order valence-corrected chi connectivity index (χ1v) is 9.24. The standard InChI is InChI=1S/C22H24N2O5/c1-3-28-22(27)29-19-11-8-18(9-12-19)21(26)24-15-14-23-20(25)13-10-17-7-5-4-6-16(17)2/h4-13H,3,14-15H2,1-2H3,(H,23,25)(H,24,26)/b13-10+. The largest absolute Gasteiger partial charge is 0.513 e. The van der Waals surface area contributed by atoms with Crippen molar-refractivity contribution < 1.29 is 23.9 Å². The van der Waals surface area contributed by atoms with Gasteiger partial charge in [-0.3, -0.25) is 9.59 Å². The van der Waals surface area contributed by atoms with Crippen LogP contribution in [0.3, 0.4) is 0 Å². The second kappa shape index (κ2) is 11.3. The van der Waals surface area contributed by atoms with Crippen LogP contribution in [0.1, 0.15) is 28.4 Å². The molecule has 0 aromatic heterocycles. The molecule has 2 rings (SSSR count). The maximum absolute atomic E-state index is 12.1. The summed E-state index contributed by atoms with van der Waals surface area (Å²) in [5, 5.41) is 5.42. The molecule has 0 bridgehead atoms. The Morgan fingerprint density at radius 2 is 1.66 bits per heavy atom. The zero-order valence-corrected chi connectivity index (χ0v) is 16.4. The van der Waals surface area contributed by atoms with Crippen molar-refractivity contribution in [3.05, 3.63) is 71.3 Å². The maximum atomic E-state index is 12.1. The zero-order chi connectivity index (χ0) is 21.1. The Labute approximate surface area is 169 Å². The average molecular weight is 396 g/mol. The van der Waals surface area contributed by atoms with Gasteiger partial charge in [-0.05, 0) is 55.3 Å². The molecule has 0 unspecified atom stereocenters. The molecule has 2 aromatic carbocycles. The molecule has 2 N–H and O–H groups in total. The van der Waals surface area contributed by atoms with Crippen molar-refractivity contribution in [3.8, 4) is 5.75 Å². The molecule has 0 aliphatic heterocycles. The Hall–Kier alpha value is -3.61. The minimum absolute atomic E-state index is 0.220. The van der Waals surface area contributed by atoms with Crippen LogP contribution in [-0.4, -0.2) is 37.7 Å². The van der Waals surface area contributed by atoms with Crippen molar-refractivity contribution in [2.75, 3.05) is 19.7 Å². The summed E-state index contributed by atoms with van der Waals surface area (Å²) < 4.78 is 9.61. The molecular weight excluding hydrogens is 372 g/mol. The number of carbonyl (C=O) groups excluding carboxylic acids is 3. The van der Waals surface area contributed by atoms with E-state index in [1.165, 1.54) is 30.3 Å². The second-order valence-electron chi connectivity index (χ2n) is 6.05. The Morgan fingerprint density at radius 1 is 0.966 bits per heavy atom. The topological polar surface area (TPSA) is 93.7 Å². The molecule has 0 spiro atoms. The molecular formula is C22H24N2O5. The van der Waals surface area contributed by atoms with Gasteiger partial charge in [-0.1, -0.05) is 24.3 Å². The summed E-state index contributed by atoms with van der Waals surface area (Å²) in [6.07, 6.45) is 2.42. The lowest BCUT2D eigenvalue weighted by Gasteiger charge is -2.07. The highest BCUT2D eigenvalue weighted by Gasteiger charge is 2.08. The van der Waals surface area contributed by atoms with E-state index in [-0.39, 0.29) is 30.7 Å². The monoisotopic (exact) mass is 396 g/mol. The molecule has 29 heavy (non-hydrogen) atoms. The van der Waals surface area contributed by atoms with Gasteiger partial charge in [0.05, 0.1) is 6.61 Å². The van der Waals surface area contributed by atoms with Crippen LogP contribution in [0.4, 0.5) is 4.79 Å². The number of hydrogen-bond donors (Lipinski definition) is 2. The number of benzene rings is 2. The molecule has 2 amide bonds. The Kier molecular flexibility index (Phi) is 8.44. The van der Waals surface area contributed by atoms with E-state index in [2.05, 4.69) is 15.4 Å². The van der Waals surface area contributed by atoms with Gasteiger partial charge in [-0.25, -0.2) is 4.79 Å². The molecule has 7 nitrogen and oxygen atoms in total. The minimum Gasteiger partial charge on any atom is -0.434 e. The molecule has 0 fully saturated rings. The summed E-state index contributed by atoms with van der Waals surface area (Å²) in [6, 6.07) is 13.8. The molecule has 0 atom stereocenters. The number of ether oxygens (including phenoxy) is 2. The summed E-state index contributed by atoms with van der Waals surface area (Å²) in [5.41, 5.74) is 2.47. The van der Waals surface area contributed by atoms with E-state index in [0.717, 1.165) is 11.1 Å². The van der Waals surface area contributed by atoms with Crippen LogP contribution >= 0.6 is 0 Å². The molecule has 0 saturated carbocycles. The van der Waals surface area contributed by atoms with Crippen molar-refractivity contribution in [2.24, 2.45) is 0 Å². The van der Waals surface area contributed by atoms with Gasteiger partial charge in [-0.2, -0.15) is 0 Å². The predicted octanol–water partition coefficient (Wildman–Crippen LogP) is 3.09. The lowest BCUT2D eigenvalue weighted by Crippen LogP contribution is -2.33. The third-order valence-electron chi connectivity index (χ3n) is 3.89. The minimum atomic E-state index is -0.795. The number of nitrogens with one attached hydrogen (secondary N) is 2. The van der Waals surface area contributed by atoms with Gasteiger partial charge in [0, 0.05) is 24.7 Å². The second-order valence-corrected chi connectivity index (χ2v) is 6.05. The van der Waals surface area contributed by atoms with E-state index in [1.54, 1.807) is 13.0 Å². The first-order chi connectivity index (χ1) is 14.0. The highest BCUT2D eigenvalue weighted by molar-refractivity contribution is 5.94. The number of rotatable bonds is 8. The third kappa shape index (κ3) is 7.50. The Balaban J connectivity index is 1.72. The summed E-state index contributed by atoms with van der Waals surface area (Å²) in [7, 11) is 0. The average Bonchev–Trinajstić information content (AvgIpc) is 2.71. The van der Waals surface area contributed by atoms with Crippen molar-refractivity contribution in [1.82, 2.24) is 10.6 Å². The number of carbonyl (C=O) groups is 3. The molecule has 0 heterocycles. The first-order valence-electron chi connectivity index (χ1n) is 9.24. The van der Waals surface area contributed by atoms with E-state index in [1.807, 2.05) is 31.2 Å². The lowest BCUT2D eigenvalue weighted by molar-refractivity contribution is -0.116. The van der Waals surface area contributed by atoms with Gasteiger partial charge >= 0.3 is 6.16 Å². The molecule has 152 valence electrons. The van der Waals surface area contributed by atoms with E-state index < -0.39 is 6.16 Å². The maximum Gasteiger partial charge on any atom is 0.513 e. The van der Waals surface area contributed by atoms with Gasteiger partial charge in [0.15, 0.2) is 0 Å². The van der Waals surface area contributed by atoms with Gasteiger partial charge in [-0.15, -0.1) is 0 Å². The van der Waals surface area contributed by atoms with Crippen LogP contribution in [0.25, 0.3) is 6.08 Å². The van der Waals surface area contributed by atoms with Gasteiger partial charge in [0.25, 0.3) is 5.91 Å². The van der Waals surface area contributed by atoms with E-state index in [0.29, 0.717) is 12.1 Å². The fourth-order valence-corrected chi connectivity index (χ4v) is 2.38. The number of hydrogen-bond acceptors (Lipinski definition) is 5. The third-order valence-corrected chi connectivity index (χ3v) is 3.89.